The van der Waals surface area contributed by atoms with Crippen molar-refractivity contribution >= 4 is 15.7 Å². The smallest absolute Gasteiger partial charge is 0.282 e. The van der Waals surface area contributed by atoms with Crippen LogP contribution in [0.2, 0.25) is 0 Å². The summed E-state index contributed by atoms with van der Waals surface area (Å²) in [6.07, 6.45) is 1.23. The highest BCUT2D eigenvalue weighted by atomic mass is 32.2. The first-order chi connectivity index (χ1) is 10.0. The van der Waals surface area contributed by atoms with Gasteiger partial charge in [-0.1, -0.05) is 18.2 Å². The Morgan fingerprint density at radius 1 is 1.24 bits per heavy atom. The molecular weight excluding hydrogens is 295 g/mol. The molecule has 0 spiro atoms. The zero-order chi connectivity index (χ0) is 15.3. The van der Waals surface area contributed by atoms with Crippen LogP contribution in [0.5, 0.6) is 0 Å². The van der Waals surface area contributed by atoms with Crippen LogP contribution in [-0.4, -0.2) is 20.0 Å². The van der Waals surface area contributed by atoms with Crippen molar-refractivity contribution in [1.82, 2.24) is 4.98 Å². The van der Waals surface area contributed by atoms with Gasteiger partial charge in [0.05, 0.1) is 12.3 Å². The zero-order valence-electron chi connectivity index (χ0n) is 11.4. The number of nitrogens with zero attached hydrogens (tertiary/aromatic N) is 1. The molecule has 7 heteroatoms. The number of benzene rings is 1. The first-order valence-electron chi connectivity index (χ1n) is 6.33. The summed E-state index contributed by atoms with van der Waals surface area (Å²) in [5.41, 5.74) is 1.01. The highest BCUT2D eigenvalue weighted by Gasteiger charge is 2.21. The van der Waals surface area contributed by atoms with Crippen LogP contribution in [0.15, 0.2) is 47.6 Å². The number of ether oxygens (including phenoxy) is 1. The minimum absolute atomic E-state index is 0.264. The van der Waals surface area contributed by atoms with Gasteiger partial charge in [-0.2, -0.15) is 8.42 Å². The van der Waals surface area contributed by atoms with Gasteiger partial charge in [-0.3, -0.25) is 4.72 Å². The van der Waals surface area contributed by atoms with Crippen LogP contribution >= 0.6 is 0 Å². The molecule has 0 saturated carbocycles. The van der Waals surface area contributed by atoms with Gasteiger partial charge in [-0.15, -0.1) is 0 Å². The summed E-state index contributed by atoms with van der Waals surface area (Å²) < 4.78 is 45.6. The van der Waals surface area contributed by atoms with Crippen LogP contribution in [0.1, 0.15) is 12.5 Å². The second-order valence-corrected chi connectivity index (χ2v) is 5.79. The van der Waals surface area contributed by atoms with E-state index >= 15 is 0 Å². The van der Waals surface area contributed by atoms with Crippen molar-refractivity contribution in [3.8, 4) is 0 Å². The van der Waals surface area contributed by atoms with Crippen LogP contribution in [0, 0.1) is 5.82 Å². The average molecular weight is 310 g/mol. The molecule has 1 heterocycles. The lowest BCUT2D eigenvalue weighted by Gasteiger charge is -2.12. The second kappa shape index (κ2) is 6.64. The predicted molar refractivity (Wildman–Crippen MR) is 76.8 cm³/mol. The lowest BCUT2D eigenvalue weighted by Crippen LogP contribution is -2.17. The molecule has 1 N–H and O–H groups in total. The van der Waals surface area contributed by atoms with E-state index in [4.69, 9.17) is 4.74 Å². The molecule has 0 bridgehead atoms. The Bertz CT molecular complexity index is 720. The summed E-state index contributed by atoms with van der Waals surface area (Å²) in [7, 11) is -4.08. The maximum absolute atomic E-state index is 13.6. The molecule has 0 atom stereocenters. The Morgan fingerprint density at radius 2 is 2.00 bits per heavy atom. The van der Waals surface area contributed by atoms with E-state index in [9.17, 15) is 12.8 Å². The van der Waals surface area contributed by atoms with Gasteiger partial charge in [0.2, 0.25) is 5.03 Å². The molecule has 1 aromatic carbocycles. The Balaban J connectivity index is 2.31. The Labute approximate surface area is 122 Å². The van der Waals surface area contributed by atoms with E-state index in [1.54, 1.807) is 24.3 Å². The van der Waals surface area contributed by atoms with Gasteiger partial charge in [0.25, 0.3) is 10.0 Å². The van der Waals surface area contributed by atoms with Crippen molar-refractivity contribution in [1.29, 1.82) is 0 Å². The SMILES string of the molecule is CCOCc1ccccc1NS(=O)(=O)c1ncccc1F. The maximum atomic E-state index is 13.6. The number of para-hydroxylation sites is 1. The third kappa shape index (κ3) is 3.77. The van der Waals surface area contributed by atoms with E-state index in [1.807, 2.05) is 6.92 Å². The first-order valence-corrected chi connectivity index (χ1v) is 7.82. The number of rotatable bonds is 6. The van der Waals surface area contributed by atoms with E-state index in [1.165, 1.54) is 12.3 Å². The Hall–Kier alpha value is -1.99. The number of hydrogen-bond donors (Lipinski definition) is 1. The lowest BCUT2D eigenvalue weighted by atomic mass is 10.2. The highest BCUT2D eigenvalue weighted by molar-refractivity contribution is 7.92. The number of halogens is 1. The predicted octanol–water partition coefficient (Wildman–Crippen LogP) is 2.56. The van der Waals surface area contributed by atoms with Gasteiger partial charge in [-0.05, 0) is 25.1 Å². The largest absolute Gasteiger partial charge is 0.377 e. The number of pyridine rings is 1. The minimum atomic E-state index is -4.08. The second-order valence-electron chi connectivity index (χ2n) is 4.19. The van der Waals surface area contributed by atoms with Crippen molar-refractivity contribution in [2.45, 2.75) is 18.6 Å². The number of hydrogen-bond acceptors (Lipinski definition) is 4. The van der Waals surface area contributed by atoms with Crippen LogP contribution < -0.4 is 4.72 Å². The molecule has 21 heavy (non-hydrogen) atoms. The average Bonchev–Trinajstić information content (AvgIpc) is 2.46. The summed E-state index contributed by atoms with van der Waals surface area (Å²) in [6, 6.07) is 9.16. The molecule has 0 aliphatic rings. The molecule has 5 nitrogen and oxygen atoms in total. The molecule has 0 amide bonds. The van der Waals surface area contributed by atoms with E-state index in [0.29, 0.717) is 17.9 Å². The van der Waals surface area contributed by atoms with Crippen LogP contribution in [0.3, 0.4) is 0 Å². The molecule has 1 aromatic heterocycles. The minimum Gasteiger partial charge on any atom is -0.377 e. The molecular formula is C14H15FN2O3S. The summed E-state index contributed by atoms with van der Waals surface area (Å²) in [4.78, 5) is 3.58. The summed E-state index contributed by atoms with van der Waals surface area (Å²) >= 11 is 0. The zero-order valence-corrected chi connectivity index (χ0v) is 12.2. The van der Waals surface area contributed by atoms with Gasteiger partial charge >= 0.3 is 0 Å². The third-order valence-corrected chi connectivity index (χ3v) is 4.00. The fraction of sp³-hybridized carbons (Fsp3) is 0.214. The van der Waals surface area contributed by atoms with Gasteiger partial charge in [0.15, 0.2) is 5.82 Å². The standard InChI is InChI=1S/C14H15FN2O3S/c1-2-20-10-11-6-3-4-8-13(11)17-21(18,19)14-12(15)7-5-9-16-14/h3-9,17H,2,10H2,1H3. The van der Waals surface area contributed by atoms with Gasteiger partial charge in [0, 0.05) is 18.4 Å². The van der Waals surface area contributed by atoms with Crippen molar-refractivity contribution in [3.05, 3.63) is 54.0 Å². The van der Waals surface area contributed by atoms with Crippen LogP contribution in [0.25, 0.3) is 0 Å². The molecule has 112 valence electrons. The van der Waals surface area contributed by atoms with Gasteiger partial charge in [-0.25, -0.2) is 9.37 Å². The van der Waals surface area contributed by atoms with Gasteiger partial charge < -0.3 is 4.74 Å². The Morgan fingerprint density at radius 3 is 2.71 bits per heavy atom. The highest BCUT2D eigenvalue weighted by Crippen LogP contribution is 2.21. The quantitative estimate of drug-likeness (QED) is 0.890. The fourth-order valence-corrected chi connectivity index (χ4v) is 2.83. The Kier molecular flexibility index (Phi) is 4.87. The lowest BCUT2D eigenvalue weighted by molar-refractivity contribution is 0.134. The number of aromatic nitrogens is 1. The molecule has 0 radical (unpaired) electrons. The van der Waals surface area contributed by atoms with Crippen molar-refractivity contribution < 1.29 is 17.5 Å². The summed E-state index contributed by atoms with van der Waals surface area (Å²) in [6.45, 7) is 2.62. The summed E-state index contributed by atoms with van der Waals surface area (Å²) in [5.74, 6) is -0.896. The molecule has 0 aliphatic carbocycles. The molecule has 0 unspecified atom stereocenters. The van der Waals surface area contributed by atoms with Crippen molar-refractivity contribution in [3.63, 3.8) is 0 Å². The third-order valence-electron chi connectivity index (χ3n) is 2.70. The number of anilines is 1. The molecule has 2 rings (SSSR count). The number of sulfonamides is 1. The molecule has 0 fully saturated rings. The van der Waals surface area contributed by atoms with E-state index < -0.39 is 20.9 Å². The normalized spacial score (nSPS) is 11.3. The maximum Gasteiger partial charge on any atom is 0.282 e. The topological polar surface area (TPSA) is 68.3 Å². The first kappa shape index (κ1) is 15.4. The van der Waals surface area contributed by atoms with Gasteiger partial charge in [0.1, 0.15) is 0 Å². The van der Waals surface area contributed by atoms with E-state index in [-0.39, 0.29) is 6.61 Å². The van der Waals surface area contributed by atoms with Crippen molar-refractivity contribution in [2.24, 2.45) is 0 Å². The van der Waals surface area contributed by atoms with Crippen molar-refractivity contribution in [2.75, 3.05) is 11.3 Å². The van der Waals surface area contributed by atoms with E-state index in [0.717, 1.165) is 6.07 Å². The van der Waals surface area contributed by atoms with Crippen LogP contribution in [-0.2, 0) is 21.4 Å². The van der Waals surface area contributed by atoms with E-state index in [2.05, 4.69) is 9.71 Å². The molecule has 2 aromatic rings. The number of nitrogens with one attached hydrogen (secondary N) is 1. The molecule has 0 aliphatic heterocycles. The monoisotopic (exact) mass is 310 g/mol. The summed E-state index contributed by atoms with van der Waals surface area (Å²) in [5, 5.41) is -0.629. The fourth-order valence-electron chi connectivity index (χ4n) is 1.72. The van der Waals surface area contributed by atoms with Crippen LogP contribution in [0.4, 0.5) is 10.1 Å². The molecule has 0 saturated heterocycles.